The Hall–Kier alpha value is -1.92. The molecule has 3 aliphatic rings. The minimum Gasteiger partial charge on any atom is -0.379 e. The highest BCUT2D eigenvalue weighted by atomic mass is 19.1. The number of halogens is 1. The molecule has 5 nitrogen and oxygen atoms in total. The maximum atomic E-state index is 13.2. The van der Waals surface area contributed by atoms with Crippen LogP contribution in [0.3, 0.4) is 0 Å². The van der Waals surface area contributed by atoms with Gasteiger partial charge in [0.15, 0.2) is 0 Å². The summed E-state index contributed by atoms with van der Waals surface area (Å²) in [6, 6.07) is 6.63. The lowest BCUT2D eigenvalue weighted by molar-refractivity contribution is 0.0365. The third kappa shape index (κ3) is 4.17. The summed E-state index contributed by atoms with van der Waals surface area (Å²) in [5.41, 5.74) is 4.98. The predicted molar refractivity (Wildman–Crippen MR) is 107 cm³/mol. The molecule has 0 atom stereocenters. The number of rotatable bonds is 6. The molecule has 0 radical (unpaired) electrons. The summed E-state index contributed by atoms with van der Waals surface area (Å²) < 4.78 is 18.6. The molecule has 1 fully saturated rings. The second-order valence-corrected chi connectivity index (χ2v) is 7.40. The van der Waals surface area contributed by atoms with Crippen molar-refractivity contribution in [2.75, 3.05) is 57.5 Å². The molecule has 0 saturated carbocycles. The molecule has 1 aromatic rings. The molecular formula is C21H29FN4O. The van der Waals surface area contributed by atoms with E-state index in [9.17, 15) is 4.39 Å². The van der Waals surface area contributed by atoms with E-state index in [1.165, 1.54) is 35.5 Å². The molecule has 0 amide bonds. The molecule has 4 rings (SSSR count). The van der Waals surface area contributed by atoms with E-state index in [-0.39, 0.29) is 5.82 Å². The van der Waals surface area contributed by atoms with E-state index in [4.69, 9.17) is 9.84 Å². The fourth-order valence-corrected chi connectivity index (χ4v) is 4.26. The summed E-state index contributed by atoms with van der Waals surface area (Å²) in [4.78, 5) is 5.06. The Morgan fingerprint density at radius 1 is 1.07 bits per heavy atom. The van der Waals surface area contributed by atoms with Crippen molar-refractivity contribution in [2.45, 2.75) is 26.2 Å². The number of morpholine rings is 1. The summed E-state index contributed by atoms with van der Waals surface area (Å²) in [6.07, 6.45) is 3.21. The molecule has 0 unspecified atom stereocenters. The van der Waals surface area contributed by atoms with Gasteiger partial charge in [0, 0.05) is 50.4 Å². The molecule has 0 aromatic heterocycles. The third-order valence-corrected chi connectivity index (χ3v) is 5.71. The first kappa shape index (κ1) is 18.4. The van der Waals surface area contributed by atoms with Gasteiger partial charge in [-0.1, -0.05) is 6.92 Å². The lowest BCUT2D eigenvalue weighted by Crippen LogP contribution is -2.39. The van der Waals surface area contributed by atoms with Crippen LogP contribution in [-0.4, -0.2) is 68.0 Å². The van der Waals surface area contributed by atoms with Crippen LogP contribution in [0.5, 0.6) is 0 Å². The van der Waals surface area contributed by atoms with Crippen LogP contribution in [-0.2, 0) is 4.74 Å². The van der Waals surface area contributed by atoms with Crippen molar-refractivity contribution in [3.8, 4) is 0 Å². The summed E-state index contributed by atoms with van der Waals surface area (Å²) in [7, 11) is 0. The summed E-state index contributed by atoms with van der Waals surface area (Å²) in [5.74, 6) is -0.206. The lowest BCUT2D eigenvalue weighted by Gasteiger charge is -2.34. The van der Waals surface area contributed by atoms with Gasteiger partial charge in [0.05, 0.1) is 31.2 Å². The summed E-state index contributed by atoms with van der Waals surface area (Å²) in [6.45, 7) is 10.2. The number of hydrazone groups is 1. The molecule has 3 heterocycles. The van der Waals surface area contributed by atoms with Gasteiger partial charge in [0.25, 0.3) is 0 Å². The SMILES string of the molecule is CCC1=C2CN(c3ccc(F)cc3)N=C2CCN1CCCN1CCOCC1. The first-order valence-corrected chi connectivity index (χ1v) is 10.1. The number of benzene rings is 1. The summed E-state index contributed by atoms with van der Waals surface area (Å²) in [5, 5.41) is 6.83. The van der Waals surface area contributed by atoms with Crippen LogP contribution in [0.2, 0.25) is 0 Å². The standard InChI is InChI=1S/C21H29FN4O/c1-2-21-19-16-26(18-6-4-17(22)5-7-18)23-20(19)8-11-25(21)10-3-9-24-12-14-27-15-13-24/h4-7H,2-3,8-16H2,1H3. The Labute approximate surface area is 161 Å². The van der Waals surface area contributed by atoms with Crippen LogP contribution in [0.4, 0.5) is 10.1 Å². The quantitative estimate of drug-likeness (QED) is 0.768. The minimum atomic E-state index is -0.206. The highest BCUT2D eigenvalue weighted by Gasteiger charge is 2.30. The Morgan fingerprint density at radius 2 is 1.85 bits per heavy atom. The molecule has 0 N–H and O–H groups in total. The number of hydrogen-bond donors (Lipinski definition) is 0. The van der Waals surface area contributed by atoms with E-state index in [1.807, 2.05) is 17.1 Å². The zero-order valence-corrected chi connectivity index (χ0v) is 16.2. The fraction of sp³-hybridized carbons (Fsp3) is 0.571. The van der Waals surface area contributed by atoms with Gasteiger partial charge in [-0.05, 0) is 37.1 Å². The van der Waals surface area contributed by atoms with Crippen LogP contribution < -0.4 is 5.01 Å². The largest absolute Gasteiger partial charge is 0.379 e. The van der Waals surface area contributed by atoms with Crippen LogP contribution in [0.25, 0.3) is 0 Å². The molecule has 0 bridgehead atoms. The second-order valence-electron chi connectivity index (χ2n) is 7.40. The molecule has 1 aromatic carbocycles. The van der Waals surface area contributed by atoms with Crippen molar-refractivity contribution >= 4 is 11.4 Å². The van der Waals surface area contributed by atoms with Crippen LogP contribution in [0.1, 0.15) is 26.2 Å². The minimum absolute atomic E-state index is 0.206. The first-order valence-electron chi connectivity index (χ1n) is 10.1. The van der Waals surface area contributed by atoms with Crippen molar-refractivity contribution in [3.05, 3.63) is 41.4 Å². The van der Waals surface area contributed by atoms with Gasteiger partial charge in [-0.15, -0.1) is 0 Å². The lowest BCUT2D eigenvalue weighted by atomic mass is 9.98. The molecule has 0 spiro atoms. The van der Waals surface area contributed by atoms with Crippen LogP contribution >= 0.6 is 0 Å². The van der Waals surface area contributed by atoms with Crippen LogP contribution in [0, 0.1) is 5.82 Å². The number of anilines is 1. The molecule has 27 heavy (non-hydrogen) atoms. The average Bonchev–Trinajstić information content (AvgIpc) is 3.13. The average molecular weight is 372 g/mol. The zero-order chi connectivity index (χ0) is 18.6. The van der Waals surface area contributed by atoms with Gasteiger partial charge >= 0.3 is 0 Å². The van der Waals surface area contributed by atoms with Crippen molar-refractivity contribution in [1.29, 1.82) is 0 Å². The van der Waals surface area contributed by atoms with Gasteiger partial charge < -0.3 is 9.64 Å². The van der Waals surface area contributed by atoms with E-state index >= 15 is 0 Å². The smallest absolute Gasteiger partial charge is 0.123 e. The zero-order valence-electron chi connectivity index (χ0n) is 16.2. The number of fused-ring (bicyclic) bond motifs is 1. The van der Waals surface area contributed by atoms with Crippen molar-refractivity contribution in [1.82, 2.24) is 9.80 Å². The Morgan fingerprint density at radius 3 is 2.59 bits per heavy atom. The number of allylic oxidation sites excluding steroid dienone is 1. The van der Waals surface area contributed by atoms with E-state index < -0.39 is 0 Å². The van der Waals surface area contributed by atoms with Crippen LogP contribution in [0.15, 0.2) is 40.6 Å². The third-order valence-electron chi connectivity index (χ3n) is 5.71. The Bertz CT molecular complexity index is 709. The molecule has 0 aliphatic carbocycles. The van der Waals surface area contributed by atoms with E-state index in [1.54, 1.807) is 0 Å². The predicted octanol–water partition coefficient (Wildman–Crippen LogP) is 3.09. The Balaban J connectivity index is 1.40. The van der Waals surface area contributed by atoms with Gasteiger partial charge in [0.2, 0.25) is 0 Å². The second kappa shape index (κ2) is 8.40. The molecule has 6 heteroatoms. The fourth-order valence-electron chi connectivity index (χ4n) is 4.26. The number of hydrogen-bond acceptors (Lipinski definition) is 5. The number of nitrogens with zero attached hydrogens (tertiary/aromatic N) is 4. The molecular weight excluding hydrogens is 343 g/mol. The monoisotopic (exact) mass is 372 g/mol. The normalized spacial score (nSPS) is 20.9. The number of ether oxygens (including phenoxy) is 1. The topological polar surface area (TPSA) is 31.3 Å². The maximum Gasteiger partial charge on any atom is 0.123 e. The van der Waals surface area contributed by atoms with Gasteiger partial charge in [-0.3, -0.25) is 9.91 Å². The molecule has 1 saturated heterocycles. The highest BCUT2D eigenvalue weighted by Crippen LogP contribution is 2.31. The molecule has 146 valence electrons. The molecule has 3 aliphatic heterocycles. The highest BCUT2D eigenvalue weighted by molar-refractivity contribution is 6.05. The first-order chi connectivity index (χ1) is 13.2. The van der Waals surface area contributed by atoms with Crippen molar-refractivity contribution in [3.63, 3.8) is 0 Å². The maximum absolute atomic E-state index is 13.2. The van der Waals surface area contributed by atoms with Gasteiger partial charge in [-0.2, -0.15) is 5.10 Å². The van der Waals surface area contributed by atoms with E-state index in [0.29, 0.717) is 0 Å². The van der Waals surface area contributed by atoms with E-state index in [2.05, 4.69) is 16.7 Å². The summed E-state index contributed by atoms with van der Waals surface area (Å²) >= 11 is 0. The van der Waals surface area contributed by atoms with Gasteiger partial charge in [-0.25, -0.2) is 4.39 Å². The van der Waals surface area contributed by atoms with E-state index in [0.717, 1.165) is 71.0 Å². The van der Waals surface area contributed by atoms with Gasteiger partial charge in [0.1, 0.15) is 5.82 Å². The Kier molecular flexibility index (Phi) is 5.74. The van der Waals surface area contributed by atoms with Crippen molar-refractivity contribution < 1.29 is 9.13 Å². The van der Waals surface area contributed by atoms with Crippen molar-refractivity contribution in [2.24, 2.45) is 5.10 Å².